The molecule has 1 aliphatic heterocycles. The molecule has 6 nitrogen and oxygen atoms in total. The molecule has 154 valence electrons. The second-order valence-corrected chi connectivity index (χ2v) is 7.05. The second-order valence-electron chi connectivity index (χ2n) is 7.05. The Morgan fingerprint density at radius 1 is 1.21 bits per heavy atom. The number of aryl methyl sites for hydroxylation is 1. The first-order valence-corrected chi connectivity index (χ1v) is 9.90. The van der Waals surface area contributed by atoms with Gasteiger partial charge in [-0.2, -0.15) is 5.26 Å². The van der Waals surface area contributed by atoms with E-state index in [1.807, 2.05) is 37.3 Å². The minimum Gasteiger partial charge on any atom is -0.357 e. The maximum absolute atomic E-state index is 8.90. The molecule has 1 saturated heterocycles. The average molecular weight is 504 g/mol. The van der Waals surface area contributed by atoms with Crippen LogP contribution in [0.1, 0.15) is 36.6 Å². The Morgan fingerprint density at radius 3 is 2.55 bits per heavy atom. The molecule has 0 amide bonds. The third kappa shape index (κ3) is 6.89. The summed E-state index contributed by atoms with van der Waals surface area (Å²) in [4.78, 5) is 11.7. The number of anilines is 1. The number of nitrogens with one attached hydrogen (secondary N) is 2. The Balaban J connectivity index is 0.00000300. The summed E-state index contributed by atoms with van der Waals surface area (Å²) in [7, 11) is 0. The Bertz CT molecular complexity index is 835. The summed E-state index contributed by atoms with van der Waals surface area (Å²) < 4.78 is 0. The minimum atomic E-state index is 0. The van der Waals surface area contributed by atoms with Crippen molar-refractivity contribution in [2.24, 2.45) is 4.99 Å². The maximum atomic E-state index is 8.90. The maximum Gasteiger partial charge on any atom is 0.191 e. The summed E-state index contributed by atoms with van der Waals surface area (Å²) in [6.45, 7) is 7.50. The standard InChI is InChI=1S/C22H28N6.HI/c1-3-24-22(25-16-19-9-7-18(15-23)8-10-19)27-20-11-13-28(14-12-20)21-6-4-5-17(2)26-21;/h4-10,20H,3,11-14,16H2,1-2H3,(H2,24,25,27);1H. The highest BCUT2D eigenvalue weighted by molar-refractivity contribution is 14.0. The number of piperidine rings is 1. The molecular formula is C22H29IN6. The van der Waals surface area contributed by atoms with Crippen LogP contribution >= 0.6 is 24.0 Å². The fraction of sp³-hybridized carbons (Fsp3) is 0.409. The number of benzene rings is 1. The number of pyridine rings is 1. The van der Waals surface area contributed by atoms with E-state index in [-0.39, 0.29) is 24.0 Å². The number of hydrogen-bond acceptors (Lipinski definition) is 4. The largest absolute Gasteiger partial charge is 0.357 e. The van der Waals surface area contributed by atoms with Crippen molar-refractivity contribution < 1.29 is 0 Å². The van der Waals surface area contributed by atoms with Gasteiger partial charge < -0.3 is 15.5 Å². The number of nitriles is 1. The first-order valence-electron chi connectivity index (χ1n) is 9.90. The zero-order valence-electron chi connectivity index (χ0n) is 17.1. The van der Waals surface area contributed by atoms with Gasteiger partial charge in [0.2, 0.25) is 0 Å². The zero-order chi connectivity index (χ0) is 19.8. The molecule has 0 atom stereocenters. The van der Waals surface area contributed by atoms with Crippen LogP contribution in [0.3, 0.4) is 0 Å². The summed E-state index contributed by atoms with van der Waals surface area (Å²) in [5.74, 6) is 1.92. The van der Waals surface area contributed by atoms with E-state index in [0.29, 0.717) is 18.2 Å². The van der Waals surface area contributed by atoms with E-state index in [0.717, 1.165) is 55.5 Å². The lowest BCUT2D eigenvalue weighted by Gasteiger charge is -2.34. The van der Waals surface area contributed by atoms with Gasteiger partial charge in [0.15, 0.2) is 5.96 Å². The summed E-state index contributed by atoms with van der Waals surface area (Å²) in [6, 6.07) is 16.3. The SMILES string of the molecule is CCNC(=NCc1ccc(C#N)cc1)NC1CCN(c2cccc(C)n2)CC1.I. The number of guanidine groups is 1. The fourth-order valence-corrected chi connectivity index (χ4v) is 3.33. The molecule has 2 aromatic rings. The molecule has 0 saturated carbocycles. The molecule has 2 heterocycles. The molecule has 1 aliphatic rings. The summed E-state index contributed by atoms with van der Waals surface area (Å²) in [5, 5.41) is 15.8. The number of halogens is 1. The van der Waals surface area contributed by atoms with Crippen LogP contribution < -0.4 is 15.5 Å². The summed E-state index contributed by atoms with van der Waals surface area (Å²) >= 11 is 0. The Labute approximate surface area is 190 Å². The van der Waals surface area contributed by atoms with Crippen molar-refractivity contribution >= 4 is 35.8 Å². The number of aliphatic imine (C=N–C) groups is 1. The predicted octanol–water partition coefficient (Wildman–Crippen LogP) is 3.60. The van der Waals surface area contributed by atoms with Gasteiger partial charge in [0.25, 0.3) is 0 Å². The molecule has 3 rings (SSSR count). The first kappa shape index (κ1) is 22.9. The van der Waals surface area contributed by atoms with Crippen LogP contribution in [0, 0.1) is 18.3 Å². The highest BCUT2D eigenvalue weighted by atomic mass is 127. The quantitative estimate of drug-likeness (QED) is 0.370. The average Bonchev–Trinajstić information content (AvgIpc) is 2.73. The molecule has 7 heteroatoms. The lowest BCUT2D eigenvalue weighted by Crippen LogP contribution is -2.48. The summed E-state index contributed by atoms with van der Waals surface area (Å²) in [5.41, 5.74) is 2.83. The van der Waals surface area contributed by atoms with E-state index in [2.05, 4.69) is 45.6 Å². The van der Waals surface area contributed by atoms with Crippen LogP contribution in [0.15, 0.2) is 47.5 Å². The van der Waals surface area contributed by atoms with Crippen LogP contribution in [-0.4, -0.2) is 36.6 Å². The zero-order valence-corrected chi connectivity index (χ0v) is 19.4. The molecule has 0 bridgehead atoms. The number of hydrogen-bond donors (Lipinski definition) is 2. The molecule has 0 aliphatic carbocycles. The molecule has 1 aromatic carbocycles. The van der Waals surface area contributed by atoms with Gasteiger partial charge in [-0.3, -0.25) is 0 Å². The molecule has 1 fully saturated rings. The summed E-state index contributed by atoms with van der Waals surface area (Å²) in [6.07, 6.45) is 2.10. The van der Waals surface area contributed by atoms with Crippen molar-refractivity contribution in [1.82, 2.24) is 15.6 Å². The number of aromatic nitrogens is 1. The molecule has 1 aromatic heterocycles. The second kappa shape index (κ2) is 11.6. The molecule has 0 radical (unpaired) electrons. The highest BCUT2D eigenvalue weighted by Gasteiger charge is 2.20. The Hall–Kier alpha value is -2.34. The van der Waals surface area contributed by atoms with Crippen LogP contribution in [0.25, 0.3) is 0 Å². The monoisotopic (exact) mass is 504 g/mol. The van der Waals surface area contributed by atoms with Gasteiger partial charge in [-0.25, -0.2) is 9.98 Å². The first-order chi connectivity index (χ1) is 13.7. The van der Waals surface area contributed by atoms with Crippen molar-refractivity contribution in [3.05, 3.63) is 59.3 Å². The topological polar surface area (TPSA) is 76.3 Å². The minimum absolute atomic E-state index is 0. The van der Waals surface area contributed by atoms with Gasteiger partial charge in [-0.15, -0.1) is 24.0 Å². The van der Waals surface area contributed by atoms with E-state index in [9.17, 15) is 0 Å². The molecule has 29 heavy (non-hydrogen) atoms. The molecular weight excluding hydrogens is 475 g/mol. The third-order valence-corrected chi connectivity index (χ3v) is 4.88. The van der Waals surface area contributed by atoms with Crippen molar-refractivity contribution in [2.45, 2.75) is 39.3 Å². The van der Waals surface area contributed by atoms with E-state index in [1.165, 1.54) is 0 Å². The van der Waals surface area contributed by atoms with Crippen LogP contribution in [0.2, 0.25) is 0 Å². The van der Waals surface area contributed by atoms with Crippen molar-refractivity contribution in [2.75, 3.05) is 24.5 Å². The van der Waals surface area contributed by atoms with E-state index >= 15 is 0 Å². The van der Waals surface area contributed by atoms with Crippen LogP contribution in [0.5, 0.6) is 0 Å². The van der Waals surface area contributed by atoms with Gasteiger partial charge in [-0.05, 0) is 56.5 Å². The fourth-order valence-electron chi connectivity index (χ4n) is 3.33. The van der Waals surface area contributed by atoms with Crippen LogP contribution in [-0.2, 0) is 6.54 Å². The van der Waals surface area contributed by atoms with Gasteiger partial charge in [0.05, 0.1) is 18.2 Å². The predicted molar refractivity (Wildman–Crippen MR) is 129 cm³/mol. The van der Waals surface area contributed by atoms with Crippen molar-refractivity contribution in [3.63, 3.8) is 0 Å². The van der Waals surface area contributed by atoms with Gasteiger partial charge in [-0.1, -0.05) is 18.2 Å². The molecule has 0 spiro atoms. The Kier molecular flexibility index (Phi) is 9.19. The van der Waals surface area contributed by atoms with Gasteiger partial charge in [0, 0.05) is 31.4 Å². The van der Waals surface area contributed by atoms with E-state index in [1.54, 1.807) is 0 Å². The lowest BCUT2D eigenvalue weighted by atomic mass is 10.1. The third-order valence-electron chi connectivity index (χ3n) is 4.88. The van der Waals surface area contributed by atoms with Crippen LogP contribution in [0.4, 0.5) is 5.82 Å². The van der Waals surface area contributed by atoms with Gasteiger partial charge >= 0.3 is 0 Å². The molecule has 0 unspecified atom stereocenters. The normalized spacial score (nSPS) is 14.7. The van der Waals surface area contributed by atoms with Gasteiger partial charge in [0.1, 0.15) is 5.82 Å². The smallest absolute Gasteiger partial charge is 0.191 e. The Morgan fingerprint density at radius 2 is 1.93 bits per heavy atom. The van der Waals surface area contributed by atoms with Crippen molar-refractivity contribution in [1.29, 1.82) is 5.26 Å². The highest BCUT2D eigenvalue weighted by Crippen LogP contribution is 2.18. The van der Waals surface area contributed by atoms with E-state index in [4.69, 9.17) is 10.3 Å². The number of rotatable bonds is 5. The molecule has 2 N–H and O–H groups in total. The van der Waals surface area contributed by atoms with E-state index < -0.39 is 0 Å². The lowest BCUT2D eigenvalue weighted by molar-refractivity contribution is 0.459. The van der Waals surface area contributed by atoms with Crippen molar-refractivity contribution in [3.8, 4) is 6.07 Å². The number of nitrogens with zero attached hydrogens (tertiary/aromatic N) is 4.